The first-order chi connectivity index (χ1) is 7.33. The van der Waals surface area contributed by atoms with Crippen LogP contribution >= 0.6 is 11.6 Å². The lowest BCUT2D eigenvalue weighted by Crippen LogP contribution is -2.27. The van der Waals surface area contributed by atoms with Crippen molar-refractivity contribution in [3.05, 3.63) is 0 Å². The molecule has 2 unspecified atom stereocenters. The van der Waals surface area contributed by atoms with E-state index in [9.17, 15) is 0 Å². The van der Waals surface area contributed by atoms with Gasteiger partial charge in [-0.1, -0.05) is 0 Å². The van der Waals surface area contributed by atoms with Gasteiger partial charge in [-0.15, -0.1) is 11.6 Å². The van der Waals surface area contributed by atoms with E-state index in [1.165, 1.54) is 32.1 Å². The van der Waals surface area contributed by atoms with Crippen LogP contribution in [0.4, 0.5) is 0 Å². The van der Waals surface area contributed by atoms with Gasteiger partial charge in [0.2, 0.25) is 0 Å². The standard InChI is InChI=1S/C12H24ClNO/c1-11(5-2-8-13)14-9-3-6-12-7-4-10-15-12/h11-12,14H,2-10H2,1H3. The van der Waals surface area contributed by atoms with Crippen LogP contribution in [0.2, 0.25) is 0 Å². The van der Waals surface area contributed by atoms with Gasteiger partial charge < -0.3 is 10.1 Å². The number of nitrogens with one attached hydrogen (secondary N) is 1. The molecule has 1 N–H and O–H groups in total. The minimum Gasteiger partial charge on any atom is -0.378 e. The Morgan fingerprint density at radius 1 is 1.47 bits per heavy atom. The van der Waals surface area contributed by atoms with Crippen LogP contribution in [0.15, 0.2) is 0 Å². The second-order valence-electron chi connectivity index (χ2n) is 4.46. The van der Waals surface area contributed by atoms with E-state index in [-0.39, 0.29) is 0 Å². The Labute approximate surface area is 98.7 Å². The number of hydrogen-bond acceptors (Lipinski definition) is 2. The van der Waals surface area contributed by atoms with Crippen LogP contribution in [0.5, 0.6) is 0 Å². The number of ether oxygens (including phenoxy) is 1. The second-order valence-corrected chi connectivity index (χ2v) is 4.84. The average Bonchev–Trinajstić information content (AvgIpc) is 2.74. The van der Waals surface area contributed by atoms with E-state index in [0.717, 1.165) is 25.5 Å². The van der Waals surface area contributed by atoms with Crippen molar-refractivity contribution in [1.82, 2.24) is 5.32 Å². The van der Waals surface area contributed by atoms with E-state index in [0.29, 0.717) is 12.1 Å². The first-order valence-corrected chi connectivity index (χ1v) is 6.77. The molecule has 15 heavy (non-hydrogen) atoms. The summed E-state index contributed by atoms with van der Waals surface area (Å²) in [6, 6.07) is 0.605. The zero-order chi connectivity index (χ0) is 10.9. The summed E-state index contributed by atoms with van der Waals surface area (Å²) >= 11 is 5.65. The van der Waals surface area contributed by atoms with Crippen molar-refractivity contribution in [2.75, 3.05) is 19.0 Å². The predicted molar refractivity (Wildman–Crippen MR) is 65.6 cm³/mol. The van der Waals surface area contributed by atoms with Gasteiger partial charge in [0.15, 0.2) is 0 Å². The number of halogens is 1. The van der Waals surface area contributed by atoms with E-state index in [1.54, 1.807) is 0 Å². The van der Waals surface area contributed by atoms with Crippen LogP contribution in [-0.2, 0) is 4.74 Å². The molecule has 1 aliphatic rings. The van der Waals surface area contributed by atoms with Gasteiger partial charge in [0.05, 0.1) is 6.10 Å². The van der Waals surface area contributed by atoms with E-state index in [2.05, 4.69) is 12.2 Å². The Morgan fingerprint density at radius 3 is 3.00 bits per heavy atom. The van der Waals surface area contributed by atoms with E-state index in [1.807, 2.05) is 0 Å². The van der Waals surface area contributed by atoms with Gasteiger partial charge in [-0.3, -0.25) is 0 Å². The molecular weight excluding hydrogens is 210 g/mol. The first kappa shape index (κ1) is 13.3. The van der Waals surface area contributed by atoms with Gasteiger partial charge in [-0.05, 0) is 52.0 Å². The van der Waals surface area contributed by atoms with Gasteiger partial charge in [0, 0.05) is 18.5 Å². The smallest absolute Gasteiger partial charge is 0.0576 e. The fraction of sp³-hybridized carbons (Fsp3) is 1.00. The Balaban J connectivity index is 1.87. The highest BCUT2D eigenvalue weighted by atomic mass is 35.5. The SMILES string of the molecule is CC(CCCCl)NCCCC1CCCO1. The van der Waals surface area contributed by atoms with Crippen molar-refractivity contribution in [3.63, 3.8) is 0 Å². The maximum absolute atomic E-state index is 5.65. The molecule has 0 radical (unpaired) electrons. The highest BCUT2D eigenvalue weighted by Gasteiger charge is 2.14. The Morgan fingerprint density at radius 2 is 2.33 bits per heavy atom. The topological polar surface area (TPSA) is 21.3 Å². The van der Waals surface area contributed by atoms with Crippen molar-refractivity contribution in [2.24, 2.45) is 0 Å². The third-order valence-electron chi connectivity index (χ3n) is 2.99. The molecule has 0 aliphatic carbocycles. The van der Waals surface area contributed by atoms with Crippen molar-refractivity contribution in [1.29, 1.82) is 0 Å². The summed E-state index contributed by atoms with van der Waals surface area (Å²) in [6.07, 6.45) is 7.81. The first-order valence-electron chi connectivity index (χ1n) is 6.24. The molecule has 0 aromatic carbocycles. The zero-order valence-corrected chi connectivity index (χ0v) is 10.6. The minimum atomic E-state index is 0.546. The van der Waals surface area contributed by atoms with E-state index in [4.69, 9.17) is 16.3 Å². The molecule has 0 saturated carbocycles. The van der Waals surface area contributed by atoms with Crippen molar-refractivity contribution >= 4 is 11.6 Å². The van der Waals surface area contributed by atoms with Gasteiger partial charge in [-0.2, -0.15) is 0 Å². The number of hydrogen-bond donors (Lipinski definition) is 1. The van der Waals surface area contributed by atoms with Gasteiger partial charge in [-0.25, -0.2) is 0 Å². The van der Waals surface area contributed by atoms with Crippen LogP contribution in [0.3, 0.4) is 0 Å². The molecule has 0 aromatic heterocycles. The van der Waals surface area contributed by atoms with E-state index < -0.39 is 0 Å². The molecule has 0 amide bonds. The molecule has 2 atom stereocenters. The molecule has 2 nitrogen and oxygen atoms in total. The lowest BCUT2D eigenvalue weighted by Gasteiger charge is -2.14. The highest BCUT2D eigenvalue weighted by Crippen LogP contribution is 2.16. The molecule has 1 heterocycles. The molecule has 1 rings (SSSR count). The molecule has 0 aromatic rings. The molecule has 1 aliphatic heterocycles. The van der Waals surface area contributed by atoms with Crippen LogP contribution in [0.25, 0.3) is 0 Å². The maximum Gasteiger partial charge on any atom is 0.0576 e. The van der Waals surface area contributed by atoms with Gasteiger partial charge in [0.25, 0.3) is 0 Å². The number of alkyl halides is 1. The monoisotopic (exact) mass is 233 g/mol. The van der Waals surface area contributed by atoms with Crippen molar-refractivity contribution < 1.29 is 4.74 Å². The normalized spacial score (nSPS) is 23.2. The summed E-state index contributed by atoms with van der Waals surface area (Å²) in [7, 11) is 0. The molecular formula is C12H24ClNO. The lowest BCUT2D eigenvalue weighted by molar-refractivity contribution is 0.102. The number of rotatable bonds is 8. The summed E-state index contributed by atoms with van der Waals surface area (Å²) in [5, 5.41) is 3.53. The van der Waals surface area contributed by atoms with Gasteiger partial charge in [0.1, 0.15) is 0 Å². The van der Waals surface area contributed by atoms with Crippen LogP contribution < -0.4 is 5.32 Å². The van der Waals surface area contributed by atoms with Gasteiger partial charge >= 0.3 is 0 Å². The Kier molecular flexibility index (Phi) is 7.41. The molecule has 90 valence electrons. The van der Waals surface area contributed by atoms with Crippen LogP contribution in [0.1, 0.15) is 45.4 Å². The Hall–Kier alpha value is 0.210. The second kappa shape index (κ2) is 8.37. The molecule has 0 spiro atoms. The van der Waals surface area contributed by atoms with Crippen LogP contribution in [-0.4, -0.2) is 31.2 Å². The summed E-state index contributed by atoms with van der Waals surface area (Å²) in [5.74, 6) is 0.780. The van der Waals surface area contributed by atoms with Crippen molar-refractivity contribution in [3.8, 4) is 0 Å². The lowest BCUT2D eigenvalue weighted by atomic mass is 10.1. The fourth-order valence-corrected chi connectivity index (χ4v) is 2.19. The average molecular weight is 234 g/mol. The summed E-state index contributed by atoms with van der Waals surface area (Å²) < 4.78 is 5.58. The van der Waals surface area contributed by atoms with Crippen LogP contribution in [0, 0.1) is 0 Å². The maximum atomic E-state index is 5.65. The van der Waals surface area contributed by atoms with E-state index >= 15 is 0 Å². The summed E-state index contributed by atoms with van der Waals surface area (Å²) in [6.45, 7) is 4.33. The summed E-state index contributed by atoms with van der Waals surface area (Å²) in [5.41, 5.74) is 0. The summed E-state index contributed by atoms with van der Waals surface area (Å²) in [4.78, 5) is 0. The Bertz CT molecular complexity index is 149. The van der Waals surface area contributed by atoms with Crippen molar-refractivity contribution in [2.45, 2.75) is 57.6 Å². The molecule has 1 fully saturated rings. The predicted octanol–water partition coefficient (Wildman–Crippen LogP) is 2.94. The molecule has 3 heteroatoms. The third kappa shape index (κ3) is 6.39. The highest BCUT2D eigenvalue weighted by molar-refractivity contribution is 6.17. The minimum absolute atomic E-state index is 0.546. The molecule has 0 bridgehead atoms. The quantitative estimate of drug-likeness (QED) is 0.514. The fourth-order valence-electron chi connectivity index (χ4n) is 2.04. The largest absolute Gasteiger partial charge is 0.378 e. The molecule has 1 saturated heterocycles. The third-order valence-corrected chi connectivity index (χ3v) is 3.26. The zero-order valence-electron chi connectivity index (χ0n) is 9.80.